The second-order valence-electron chi connectivity index (χ2n) is 3.95. The summed E-state index contributed by atoms with van der Waals surface area (Å²) in [7, 11) is 3.10. The smallest absolute Gasteiger partial charge is 0.329 e. The summed E-state index contributed by atoms with van der Waals surface area (Å²) in [5.41, 5.74) is 5.32. The summed E-state index contributed by atoms with van der Waals surface area (Å²) in [6, 6.07) is 0. The van der Waals surface area contributed by atoms with Crippen molar-refractivity contribution in [2.75, 3.05) is 18.4 Å². The van der Waals surface area contributed by atoms with Gasteiger partial charge in [-0.3, -0.25) is 18.9 Å². The second-order valence-corrected chi connectivity index (χ2v) is 3.95. The average Bonchev–Trinajstić information content (AvgIpc) is 2.75. The van der Waals surface area contributed by atoms with Crippen molar-refractivity contribution < 1.29 is 0 Å². The zero-order valence-electron chi connectivity index (χ0n) is 9.86. The third-order valence-corrected chi connectivity index (χ3v) is 2.80. The van der Waals surface area contributed by atoms with Crippen LogP contribution in [-0.4, -0.2) is 28.1 Å². The Balaban J connectivity index is 2.53. The van der Waals surface area contributed by atoms with Gasteiger partial charge in [-0.2, -0.15) is 0 Å². The van der Waals surface area contributed by atoms with Gasteiger partial charge < -0.3 is 11.1 Å². The first-order valence-corrected chi connectivity index (χ1v) is 5.35. The van der Waals surface area contributed by atoms with Crippen LogP contribution in [0, 0.1) is 0 Å². The highest BCUT2D eigenvalue weighted by Crippen LogP contribution is 2.16. The number of aromatic nitrogens is 2. The normalized spacial score (nSPS) is 16.1. The first-order chi connectivity index (χ1) is 8.06. The van der Waals surface area contributed by atoms with Gasteiger partial charge in [0, 0.05) is 27.1 Å². The molecule has 0 spiro atoms. The van der Waals surface area contributed by atoms with Gasteiger partial charge in [-0.05, 0) is 0 Å². The molecule has 7 heteroatoms. The Labute approximate surface area is 97.6 Å². The van der Waals surface area contributed by atoms with E-state index < -0.39 is 0 Å². The molecule has 7 nitrogen and oxygen atoms in total. The molecule has 17 heavy (non-hydrogen) atoms. The molecule has 0 aromatic carbocycles. The molecule has 1 aliphatic heterocycles. The zero-order valence-corrected chi connectivity index (χ0v) is 9.86. The predicted octanol–water partition coefficient (Wildman–Crippen LogP) is -1.59. The fourth-order valence-electron chi connectivity index (χ4n) is 1.88. The van der Waals surface area contributed by atoms with E-state index in [-0.39, 0.29) is 11.2 Å². The van der Waals surface area contributed by atoms with Crippen molar-refractivity contribution >= 4 is 11.7 Å². The maximum Gasteiger partial charge on any atom is 0.332 e. The fourth-order valence-corrected chi connectivity index (χ4v) is 1.88. The molecule has 0 saturated carbocycles. The molecule has 0 aliphatic carbocycles. The van der Waals surface area contributed by atoms with Gasteiger partial charge in [0.15, 0.2) is 0 Å². The van der Waals surface area contributed by atoms with Gasteiger partial charge in [0.1, 0.15) is 11.7 Å². The van der Waals surface area contributed by atoms with Crippen LogP contribution in [0.1, 0.15) is 5.56 Å². The van der Waals surface area contributed by atoms with Crippen molar-refractivity contribution in [3.05, 3.63) is 26.4 Å². The topological polar surface area (TPSA) is 94.4 Å². The number of hydrogen-bond donors (Lipinski definition) is 2. The van der Waals surface area contributed by atoms with Crippen LogP contribution in [-0.2, 0) is 20.5 Å². The van der Waals surface area contributed by atoms with Crippen molar-refractivity contribution in [3.8, 4) is 0 Å². The molecular formula is C10H15N5O2. The van der Waals surface area contributed by atoms with Gasteiger partial charge in [-0.1, -0.05) is 0 Å². The molecule has 0 bridgehead atoms. The Morgan fingerprint density at radius 1 is 1.35 bits per heavy atom. The van der Waals surface area contributed by atoms with Crippen LogP contribution >= 0.6 is 0 Å². The van der Waals surface area contributed by atoms with Gasteiger partial charge in [0.05, 0.1) is 12.1 Å². The third-order valence-electron chi connectivity index (χ3n) is 2.80. The highest BCUT2D eigenvalue weighted by Gasteiger charge is 2.23. The van der Waals surface area contributed by atoms with Crippen molar-refractivity contribution in [2.45, 2.75) is 6.42 Å². The fraction of sp³-hybridized carbons (Fsp3) is 0.500. The largest absolute Gasteiger partial charge is 0.332 e. The number of nitrogens with two attached hydrogens (primary N) is 1. The van der Waals surface area contributed by atoms with Crippen LogP contribution in [0.4, 0.5) is 5.82 Å². The Bertz CT molecular complexity index is 596. The lowest BCUT2D eigenvalue weighted by Gasteiger charge is -2.07. The molecule has 3 N–H and O–H groups in total. The van der Waals surface area contributed by atoms with Crippen molar-refractivity contribution in [1.82, 2.24) is 9.13 Å². The number of fused-ring (bicyclic) bond motifs is 1. The maximum absolute atomic E-state index is 11.9. The van der Waals surface area contributed by atoms with E-state index in [1.54, 1.807) is 7.05 Å². The van der Waals surface area contributed by atoms with E-state index >= 15 is 0 Å². The number of amidine groups is 1. The molecule has 2 rings (SSSR count). The minimum atomic E-state index is -0.346. The van der Waals surface area contributed by atoms with Gasteiger partial charge in [-0.25, -0.2) is 4.79 Å². The van der Waals surface area contributed by atoms with Crippen LogP contribution in [0.25, 0.3) is 0 Å². The molecule has 1 aromatic heterocycles. The van der Waals surface area contributed by atoms with Gasteiger partial charge in [-0.15, -0.1) is 0 Å². The Kier molecular flexibility index (Phi) is 2.84. The van der Waals surface area contributed by atoms with Gasteiger partial charge in [0.2, 0.25) is 0 Å². The minimum absolute atomic E-state index is 0.270. The summed E-state index contributed by atoms with van der Waals surface area (Å²) >= 11 is 0. The molecule has 1 aromatic rings. The Morgan fingerprint density at radius 2 is 2.06 bits per heavy atom. The summed E-state index contributed by atoms with van der Waals surface area (Å²) in [6.07, 6.45) is 0.427. The predicted molar refractivity (Wildman–Crippen MR) is 65.6 cm³/mol. The summed E-state index contributed by atoms with van der Waals surface area (Å²) in [5.74, 6) is 1.22. The minimum Gasteiger partial charge on any atom is -0.329 e. The lowest BCUT2D eigenvalue weighted by Crippen LogP contribution is -2.38. The standard InChI is InChI=1S/C10H15N5O2/c1-14-8-6(9(16)15(2)10(14)17)5-7(13-8)12-4-3-11/h3-5,11H2,1-2H3,(H,12,13). The molecule has 0 unspecified atom stereocenters. The number of nitrogens with one attached hydrogen (secondary N) is 1. The van der Waals surface area contributed by atoms with Crippen LogP contribution in [0.5, 0.6) is 0 Å². The van der Waals surface area contributed by atoms with E-state index in [1.807, 2.05) is 0 Å². The molecular weight excluding hydrogens is 222 g/mol. The lowest BCUT2D eigenvalue weighted by atomic mass is 10.2. The molecule has 0 saturated heterocycles. The van der Waals surface area contributed by atoms with E-state index in [4.69, 9.17) is 5.73 Å². The summed E-state index contributed by atoms with van der Waals surface area (Å²) in [5, 5.41) is 2.99. The van der Waals surface area contributed by atoms with E-state index in [0.29, 0.717) is 36.7 Å². The van der Waals surface area contributed by atoms with Crippen LogP contribution in [0.15, 0.2) is 14.6 Å². The number of rotatable bonds is 2. The number of aliphatic imine (C=N–C) groups is 1. The van der Waals surface area contributed by atoms with E-state index in [0.717, 1.165) is 4.57 Å². The SMILES string of the molecule is Cn1c2c(c(=O)n(C)c1=O)CC(=NCCN)N2. The van der Waals surface area contributed by atoms with Crippen LogP contribution < -0.4 is 22.3 Å². The quantitative estimate of drug-likeness (QED) is 0.648. The highest BCUT2D eigenvalue weighted by molar-refractivity contribution is 6.01. The molecule has 0 radical (unpaired) electrons. The van der Waals surface area contributed by atoms with Crippen LogP contribution in [0.3, 0.4) is 0 Å². The zero-order chi connectivity index (χ0) is 12.6. The maximum atomic E-state index is 11.9. The average molecular weight is 237 g/mol. The van der Waals surface area contributed by atoms with Crippen molar-refractivity contribution in [1.29, 1.82) is 0 Å². The molecule has 1 aliphatic rings. The summed E-state index contributed by atoms with van der Waals surface area (Å²) in [4.78, 5) is 27.8. The molecule has 0 atom stereocenters. The molecule has 92 valence electrons. The number of nitrogens with zero attached hydrogens (tertiary/aromatic N) is 3. The first-order valence-electron chi connectivity index (χ1n) is 5.35. The van der Waals surface area contributed by atoms with E-state index in [9.17, 15) is 9.59 Å². The lowest BCUT2D eigenvalue weighted by molar-refractivity contribution is 0.687. The second kappa shape index (κ2) is 4.17. The van der Waals surface area contributed by atoms with Gasteiger partial charge >= 0.3 is 5.69 Å². The number of hydrogen-bond acceptors (Lipinski definition) is 4. The van der Waals surface area contributed by atoms with E-state index in [2.05, 4.69) is 10.3 Å². The molecule has 0 amide bonds. The highest BCUT2D eigenvalue weighted by atomic mass is 16.2. The Hall–Kier alpha value is -1.89. The summed E-state index contributed by atoms with van der Waals surface area (Å²) in [6.45, 7) is 0.961. The van der Waals surface area contributed by atoms with Gasteiger partial charge in [0.25, 0.3) is 5.56 Å². The monoisotopic (exact) mass is 237 g/mol. The first kappa shape index (κ1) is 11.6. The van der Waals surface area contributed by atoms with E-state index in [1.165, 1.54) is 11.6 Å². The Morgan fingerprint density at radius 3 is 2.71 bits per heavy atom. The molecule has 0 fully saturated rings. The third kappa shape index (κ3) is 1.78. The van der Waals surface area contributed by atoms with Crippen LogP contribution in [0.2, 0.25) is 0 Å². The molecule has 2 heterocycles. The summed E-state index contributed by atoms with van der Waals surface area (Å²) < 4.78 is 2.52. The number of anilines is 1. The van der Waals surface area contributed by atoms with Crippen molar-refractivity contribution in [3.63, 3.8) is 0 Å². The van der Waals surface area contributed by atoms with Crippen molar-refractivity contribution in [2.24, 2.45) is 24.8 Å².